The number of rotatable bonds is 7. The van der Waals surface area contributed by atoms with Crippen LogP contribution in [0.5, 0.6) is 0 Å². The summed E-state index contributed by atoms with van der Waals surface area (Å²) in [6, 6.07) is 1.89. The predicted molar refractivity (Wildman–Crippen MR) is 83.3 cm³/mol. The summed E-state index contributed by atoms with van der Waals surface area (Å²) in [5, 5.41) is 22.4. The van der Waals surface area contributed by atoms with Crippen molar-refractivity contribution in [2.24, 2.45) is 0 Å². The molecule has 0 fully saturated rings. The summed E-state index contributed by atoms with van der Waals surface area (Å²) >= 11 is 1.43. The van der Waals surface area contributed by atoms with Crippen molar-refractivity contribution in [3.63, 3.8) is 0 Å². The molecular formula is C14H25N3O2S. The van der Waals surface area contributed by atoms with Crippen LogP contribution in [-0.4, -0.2) is 45.2 Å². The Kier molecular flexibility index (Phi) is 6.71. The predicted octanol–water partition coefficient (Wildman–Crippen LogP) is 2.04. The van der Waals surface area contributed by atoms with Crippen LogP contribution in [0, 0.1) is 0 Å². The van der Waals surface area contributed by atoms with Crippen molar-refractivity contribution in [1.29, 1.82) is 0 Å². The van der Waals surface area contributed by atoms with E-state index in [1.54, 1.807) is 0 Å². The minimum atomic E-state index is -0.722. The van der Waals surface area contributed by atoms with Crippen LogP contribution in [-0.2, 0) is 5.41 Å². The highest BCUT2D eigenvalue weighted by molar-refractivity contribution is 7.99. The smallest absolute Gasteiger partial charge is 0.137 e. The van der Waals surface area contributed by atoms with Crippen LogP contribution in [0.3, 0.4) is 0 Å². The van der Waals surface area contributed by atoms with Crippen LogP contribution in [0.1, 0.15) is 39.9 Å². The molecule has 1 unspecified atom stereocenters. The topological polar surface area (TPSA) is 78.3 Å². The molecule has 1 rings (SSSR count). The number of aliphatic hydroxyl groups excluding tert-OH is 2. The van der Waals surface area contributed by atoms with Gasteiger partial charge in [-0.15, -0.1) is 11.8 Å². The molecule has 3 N–H and O–H groups in total. The zero-order valence-corrected chi connectivity index (χ0v) is 13.5. The molecule has 0 aliphatic carbocycles. The van der Waals surface area contributed by atoms with Gasteiger partial charge in [0.05, 0.1) is 12.7 Å². The first-order chi connectivity index (χ1) is 9.36. The highest BCUT2D eigenvalue weighted by Crippen LogP contribution is 2.25. The normalized spacial score (nSPS) is 13.3. The second kappa shape index (κ2) is 7.81. The molecule has 1 aromatic rings. The van der Waals surface area contributed by atoms with E-state index < -0.39 is 6.10 Å². The van der Waals surface area contributed by atoms with Gasteiger partial charge in [-0.05, 0) is 6.42 Å². The van der Waals surface area contributed by atoms with Gasteiger partial charge in [-0.3, -0.25) is 0 Å². The van der Waals surface area contributed by atoms with Crippen molar-refractivity contribution >= 4 is 17.6 Å². The first-order valence-electron chi connectivity index (χ1n) is 6.92. The van der Waals surface area contributed by atoms with E-state index in [1.807, 2.05) is 6.07 Å². The maximum atomic E-state index is 9.43. The lowest BCUT2D eigenvalue weighted by Crippen LogP contribution is -2.19. The van der Waals surface area contributed by atoms with Crippen LogP contribution in [0.2, 0.25) is 0 Å². The number of anilines is 1. The minimum Gasteiger partial charge on any atom is -0.394 e. The van der Waals surface area contributed by atoms with Crippen molar-refractivity contribution in [2.75, 3.05) is 24.2 Å². The van der Waals surface area contributed by atoms with Crippen molar-refractivity contribution in [1.82, 2.24) is 9.97 Å². The molecule has 0 radical (unpaired) electrons. The summed E-state index contributed by atoms with van der Waals surface area (Å²) in [5.41, 5.74) is -0.130. The summed E-state index contributed by atoms with van der Waals surface area (Å²) in [4.78, 5) is 9.08. The van der Waals surface area contributed by atoms with Gasteiger partial charge in [0.2, 0.25) is 0 Å². The Morgan fingerprint density at radius 3 is 2.60 bits per heavy atom. The Labute approximate surface area is 125 Å². The van der Waals surface area contributed by atoms with E-state index in [-0.39, 0.29) is 12.0 Å². The summed E-state index contributed by atoms with van der Waals surface area (Å²) in [6.07, 6.45) is 0.306. The number of thioether (sulfide) groups is 1. The first kappa shape index (κ1) is 17.2. The van der Waals surface area contributed by atoms with Gasteiger partial charge < -0.3 is 15.5 Å². The van der Waals surface area contributed by atoms with Gasteiger partial charge >= 0.3 is 0 Å². The maximum Gasteiger partial charge on any atom is 0.137 e. The number of hydrogen-bond acceptors (Lipinski definition) is 6. The standard InChI is InChI=1S/C14H25N3O2S/c1-5-6-15-11-7-12(20-9-10(19)8-18)17-13(16-11)14(2,3)4/h7,10,18-19H,5-6,8-9H2,1-4H3,(H,15,16,17). The second-order valence-electron chi connectivity index (χ2n) is 5.74. The fourth-order valence-electron chi connectivity index (χ4n) is 1.41. The third-order valence-corrected chi connectivity index (χ3v) is 3.62. The van der Waals surface area contributed by atoms with Crippen LogP contribution in [0.4, 0.5) is 5.82 Å². The fourth-order valence-corrected chi connectivity index (χ4v) is 2.23. The molecule has 20 heavy (non-hydrogen) atoms. The number of nitrogens with zero attached hydrogens (tertiary/aromatic N) is 2. The largest absolute Gasteiger partial charge is 0.394 e. The van der Waals surface area contributed by atoms with Crippen molar-refractivity contribution < 1.29 is 10.2 Å². The molecule has 5 nitrogen and oxygen atoms in total. The van der Waals surface area contributed by atoms with Crippen molar-refractivity contribution in [3.05, 3.63) is 11.9 Å². The van der Waals surface area contributed by atoms with E-state index in [0.717, 1.165) is 29.6 Å². The number of nitrogens with one attached hydrogen (secondary N) is 1. The summed E-state index contributed by atoms with van der Waals surface area (Å²) in [5.74, 6) is 2.01. The van der Waals surface area contributed by atoms with E-state index in [9.17, 15) is 5.11 Å². The zero-order valence-electron chi connectivity index (χ0n) is 12.7. The lowest BCUT2D eigenvalue weighted by Gasteiger charge is -2.19. The number of hydrogen-bond donors (Lipinski definition) is 3. The minimum absolute atomic E-state index is 0.130. The van der Waals surface area contributed by atoms with E-state index in [4.69, 9.17) is 5.11 Å². The Hall–Kier alpha value is -0.850. The summed E-state index contributed by atoms with van der Waals surface area (Å²) in [7, 11) is 0. The van der Waals surface area contributed by atoms with Crippen LogP contribution in [0.15, 0.2) is 11.1 Å². The van der Waals surface area contributed by atoms with Gasteiger partial charge in [0, 0.05) is 23.8 Å². The monoisotopic (exact) mass is 299 g/mol. The van der Waals surface area contributed by atoms with Gasteiger partial charge in [0.25, 0.3) is 0 Å². The number of aliphatic hydroxyl groups is 2. The van der Waals surface area contributed by atoms with Crippen LogP contribution < -0.4 is 5.32 Å². The Morgan fingerprint density at radius 2 is 2.05 bits per heavy atom. The third-order valence-electron chi connectivity index (χ3n) is 2.56. The average molecular weight is 299 g/mol. The van der Waals surface area contributed by atoms with Crippen molar-refractivity contribution in [2.45, 2.75) is 50.7 Å². The Balaban J connectivity index is 2.91. The molecule has 0 aromatic carbocycles. The van der Waals surface area contributed by atoms with Gasteiger partial charge in [-0.2, -0.15) is 0 Å². The lowest BCUT2D eigenvalue weighted by atomic mass is 9.96. The fraction of sp³-hybridized carbons (Fsp3) is 0.714. The first-order valence-corrected chi connectivity index (χ1v) is 7.90. The Bertz CT molecular complexity index is 421. The molecule has 0 saturated carbocycles. The summed E-state index contributed by atoms with van der Waals surface area (Å²) < 4.78 is 0. The van der Waals surface area contributed by atoms with E-state index in [0.29, 0.717) is 5.75 Å². The van der Waals surface area contributed by atoms with Gasteiger partial charge in [0.15, 0.2) is 0 Å². The average Bonchev–Trinajstić information content (AvgIpc) is 2.41. The molecule has 114 valence electrons. The zero-order chi connectivity index (χ0) is 15.2. The molecular weight excluding hydrogens is 274 g/mol. The lowest BCUT2D eigenvalue weighted by molar-refractivity contribution is 0.113. The molecule has 0 amide bonds. The van der Waals surface area contributed by atoms with E-state index in [1.165, 1.54) is 11.8 Å². The van der Waals surface area contributed by atoms with Crippen LogP contribution >= 0.6 is 11.8 Å². The van der Waals surface area contributed by atoms with Gasteiger partial charge in [0.1, 0.15) is 16.7 Å². The molecule has 6 heteroatoms. The number of aromatic nitrogens is 2. The van der Waals surface area contributed by atoms with Gasteiger partial charge in [-0.1, -0.05) is 27.7 Å². The Morgan fingerprint density at radius 1 is 1.35 bits per heavy atom. The van der Waals surface area contributed by atoms with E-state index in [2.05, 4.69) is 43.0 Å². The quantitative estimate of drug-likeness (QED) is 0.528. The molecule has 0 aliphatic heterocycles. The molecule has 0 saturated heterocycles. The SMILES string of the molecule is CCCNc1cc(SCC(O)CO)nc(C(C)(C)C)n1. The molecule has 1 heterocycles. The second-order valence-corrected chi connectivity index (χ2v) is 6.78. The molecule has 1 atom stereocenters. The van der Waals surface area contributed by atoms with Crippen molar-refractivity contribution in [3.8, 4) is 0 Å². The highest BCUT2D eigenvalue weighted by Gasteiger charge is 2.19. The maximum absolute atomic E-state index is 9.43. The summed E-state index contributed by atoms with van der Waals surface area (Å²) in [6.45, 7) is 8.95. The van der Waals surface area contributed by atoms with Crippen LogP contribution in [0.25, 0.3) is 0 Å². The molecule has 0 aliphatic rings. The molecule has 1 aromatic heterocycles. The van der Waals surface area contributed by atoms with E-state index >= 15 is 0 Å². The van der Waals surface area contributed by atoms with Gasteiger partial charge in [-0.25, -0.2) is 9.97 Å². The third kappa shape index (κ3) is 5.64. The highest BCUT2D eigenvalue weighted by atomic mass is 32.2. The molecule has 0 bridgehead atoms. The molecule has 0 spiro atoms.